The Bertz CT molecular complexity index is 517. The molecule has 1 heterocycles. The Labute approximate surface area is 112 Å². The van der Waals surface area contributed by atoms with E-state index in [-0.39, 0.29) is 11.8 Å². The smallest absolute Gasteiger partial charge is 0.316 e. The SMILES string of the molecule is CCC(C)(C)C(=O)Oc1ccc2c(c1)C(=O)CCO2. The van der Waals surface area contributed by atoms with Gasteiger partial charge in [0.2, 0.25) is 0 Å². The van der Waals surface area contributed by atoms with Crippen molar-refractivity contribution in [1.29, 1.82) is 0 Å². The molecular weight excluding hydrogens is 244 g/mol. The summed E-state index contributed by atoms with van der Waals surface area (Å²) in [6, 6.07) is 4.91. The normalized spacial score (nSPS) is 14.6. The summed E-state index contributed by atoms with van der Waals surface area (Å²) in [5.74, 6) is 0.683. The van der Waals surface area contributed by atoms with E-state index in [0.717, 1.165) is 0 Å². The van der Waals surface area contributed by atoms with Crippen molar-refractivity contribution in [3.05, 3.63) is 23.8 Å². The van der Waals surface area contributed by atoms with E-state index in [1.165, 1.54) is 0 Å². The van der Waals surface area contributed by atoms with E-state index in [9.17, 15) is 9.59 Å². The van der Waals surface area contributed by atoms with Crippen LogP contribution in [0.4, 0.5) is 0 Å². The summed E-state index contributed by atoms with van der Waals surface area (Å²) in [5.41, 5.74) is -0.0398. The molecule has 1 aliphatic heterocycles. The number of carbonyl (C=O) groups is 2. The van der Waals surface area contributed by atoms with Crippen LogP contribution in [-0.4, -0.2) is 18.4 Å². The maximum atomic E-state index is 12.0. The van der Waals surface area contributed by atoms with E-state index in [0.29, 0.717) is 36.5 Å². The molecule has 0 saturated carbocycles. The van der Waals surface area contributed by atoms with Crippen LogP contribution in [-0.2, 0) is 4.79 Å². The number of rotatable bonds is 3. The van der Waals surface area contributed by atoms with Gasteiger partial charge in [0, 0.05) is 6.42 Å². The van der Waals surface area contributed by atoms with Gasteiger partial charge in [0.15, 0.2) is 5.78 Å². The average molecular weight is 262 g/mol. The van der Waals surface area contributed by atoms with E-state index in [2.05, 4.69) is 0 Å². The Hall–Kier alpha value is -1.84. The molecule has 0 fully saturated rings. The van der Waals surface area contributed by atoms with Crippen LogP contribution in [0.2, 0.25) is 0 Å². The van der Waals surface area contributed by atoms with Crippen molar-refractivity contribution in [3.8, 4) is 11.5 Å². The van der Waals surface area contributed by atoms with Crippen molar-refractivity contribution in [1.82, 2.24) is 0 Å². The van der Waals surface area contributed by atoms with Crippen molar-refractivity contribution in [2.24, 2.45) is 5.41 Å². The number of carbonyl (C=O) groups excluding carboxylic acids is 2. The highest BCUT2D eigenvalue weighted by atomic mass is 16.5. The summed E-state index contributed by atoms with van der Waals surface area (Å²) < 4.78 is 10.7. The number of fused-ring (bicyclic) bond motifs is 1. The zero-order chi connectivity index (χ0) is 14.0. The first-order valence-corrected chi connectivity index (χ1v) is 6.46. The summed E-state index contributed by atoms with van der Waals surface area (Å²) in [5, 5.41) is 0. The number of Topliss-reactive ketones (excluding diaryl/α,β-unsaturated/α-hetero) is 1. The molecule has 4 heteroatoms. The van der Waals surface area contributed by atoms with Gasteiger partial charge in [-0.15, -0.1) is 0 Å². The molecule has 2 rings (SSSR count). The second-order valence-electron chi connectivity index (χ2n) is 5.31. The van der Waals surface area contributed by atoms with Gasteiger partial charge in [0.05, 0.1) is 17.6 Å². The lowest BCUT2D eigenvalue weighted by Gasteiger charge is -2.21. The van der Waals surface area contributed by atoms with Crippen LogP contribution in [0.5, 0.6) is 11.5 Å². The molecule has 1 aromatic carbocycles. The highest BCUT2D eigenvalue weighted by Gasteiger charge is 2.28. The third kappa shape index (κ3) is 2.78. The largest absolute Gasteiger partial charge is 0.492 e. The van der Waals surface area contributed by atoms with Gasteiger partial charge < -0.3 is 9.47 Å². The average Bonchev–Trinajstić information content (AvgIpc) is 2.39. The predicted molar refractivity (Wildman–Crippen MR) is 70.6 cm³/mol. The van der Waals surface area contributed by atoms with Crippen LogP contribution in [0, 0.1) is 5.41 Å². The second-order valence-corrected chi connectivity index (χ2v) is 5.31. The molecular formula is C15H18O4. The number of ketones is 1. The maximum absolute atomic E-state index is 12.0. The van der Waals surface area contributed by atoms with E-state index in [4.69, 9.17) is 9.47 Å². The monoisotopic (exact) mass is 262 g/mol. The molecule has 1 aliphatic rings. The molecule has 19 heavy (non-hydrogen) atoms. The fourth-order valence-corrected chi connectivity index (χ4v) is 1.69. The highest BCUT2D eigenvalue weighted by molar-refractivity contribution is 6.00. The van der Waals surface area contributed by atoms with Crippen molar-refractivity contribution in [2.45, 2.75) is 33.6 Å². The molecule has 0 aliphatic carbocycles. The predicted octanol–water partition coefficient (Wildman–Crippen LogP) is 2.99. The highest BCUT2D eigenvalue weighted by Crippen LogP contribution is 2.30. The molecule has 102 valence electrons. The third-order valence-corrected chi connectivity index (χ3v) is 3.49. The zero-order valence-electron chi connectivity index (χ0n) is 11.5. The minimum Gasteiger partial charge on any atom is -0.492 e. The molecule has 1 aromatic rings. The Morgan fingerprint density at radius 1 is 1.42 bits per heavy atom. The molecule has 4 nitrogen and oxygen atoms in total. The molecule has 0 unspecified atom stereocenters. The fourth-order valence-electron chi connectivity index (χ4n) is 1.69. The summed E-state index contributed by atoms with van der Waals surface area (Å²) in [7, 11) is 0. The van der Waals surface area contributed by atoms with Crippen molar-refractivity contribution < 1.29 is 19.1 Å². The van der Waals surface area contributed by atoms with Gasteiger partial charge in [-0.05, 0) is 38.5 Å². The first kappa shape index (κ1) is 13.6. The van der Waals surface area contributed by atoms with Crippen LogP contribution >= 0.6 is 0 Å². The Morgan fingerprint density at radius 3 is 2.84 bits per heavy atom. The summed E-state index contributed by atoms with van der Waals surface area (Å²) in [6.45, 7) is 6.02. The van der Waals surface area contributed by atoms with Gasteiger partial charge in [-0.1, -0.05) is 6.92 Å². The molecule has 0 amide bonds. The first-order valence-electron chi connectivity index (χ1n) is 6.46. The van der Waals surface area contributed by atoms with Crippen LogP contribution in [0.3, 0.4) is 0 Å². The van der Waals surface area contributed by atoms with Crippen LogP contribution in [0.15, 0.2) is 18.2 Å². The molecule has 0 atom stereocenters. The van der Waals surface area contributed by atoms with E-state index in [1.54, 1.807) is 18.2 Å². The van der Waals surface area contributed by atoms with Gasteiger partial charge in [0.1, 0.15) is 11.5 Å². The van der Waals surface area contributed by atoms with E-state index in [1.807, 2.05) is 20.8 Å². The van der Waals surface area contributed by atoms with Crippen molar-refractivity contribution in [2.75, 3.05) is 6.61 Å². The first-order chi connectivity index (χ1) is 8.94. The molecule has 0 aromatic heterocycles. The number of esters is 1. The summed E-state index contributed by atoms with van der Waals surface area (Å²) >= 11 is 0. The van der Waals surface area contributed by atoms with Crippen molar-refractivity contribution in [3.63, 3.8) is 0 Å². The van der Waals surface area contributed by atoms with E-state index < -0.39 is 5.41 Å². The summed E-state index contributed by atoms with van der Waals surface area (Å²) in [4.78, 5) is 23.7. The van der Waals surface area contributed by atoms with Gasteiger partial charge in [-0.3, -0.25) is 9.59 Å². The molecule has 0 N–H and O–H groups in total. The summed E-state index contributed by atoms with van der Waals surface area (Å²) in [6.07, 6.45) is 1.06. The van der Waals surface area contributed by atoms with Gasteiger partial charge in [0.25, 0.3) is 0 Å². The van der Waals surface area contributed by atoms with E-state index >= 15 is 0 Å². The third-order valence-electron chi connectivity index (χ3n) is 3.49. The lowest BCUT2D eigenvalue weighted by atomic mass is 9.91. The number of benzene rings is 1. The lowest BCUT2D eigenvalue weighted by molar-refractivity contribution is -0.144. The van der Waals surface area contributed by atoms with Crippen LogP contribution in [0.1, 0.15) is 44.0 Å². The fraction of sp³-hybridized carbons (Fsp3) is 0.467. The molecule has 0 bridgehead atoms. The minimum atomic E-state index is -0.531. The van der Waals surface area contributed by atoms with Gasteiger partial charge in [-0.2, -0.15) is 0 Å². The van der Waals surface area contributed by atoms with Gasteiger partial charge in [-0.25, -0.2) is 0 Å². The van der Waals surface area contributed by atoms with Gasteiger partial charge >= 0.3 is 5.97 Å². The zero-order valence-corrected chi connectivity index (χ0v) is 11.5. The number of ether oxygens (including phenoxy) is 2. The second kappa shape index (κ2) is 5.03. The molecule has 0 spiro atoms. The lowest BCUT2D eigenvalue weighted by Crippen LogP contribution is -2.28. The van der Waals surface area contributed by atoms with Crippen molar-refractivity contribution >= 4 is 11.8 Å². The minimum absolute atomic E-state index is 0.0221. The molecule has 0 radical (unpaired) electrons. The molecule has 0 saturated heterocycles. The Morgan fingerprint density at radius 2 is 2.16 bits per heavy atom. The number of hydrogen-bond acceptors (Lipinski definition) is 4. The topological polar surface area (TPSA) is 52.6 Å². The Balaban J connectivity index is 2.21. The Kier molecular flexibility index (Phi) is 3.60. The van der Waals surface area contributed by atoms with Crippen LogP contribution in [0.25, 0.3) is 0 Å². The standard InChI is InChI=1S/C15H18O4/c1-4-15(2,3)14(17)19-10-5-6-13-11(9-10)12(16)7-8-18-13/h5-6,9H,4,7-8H2,1-3H3. The maximum Gasteiger partial charge on any atom is 0.316 e. The van der Waals surface area contributed by atoms with Crippen LogP contribution < -0.4 is 9.47 Å². The number of hydrogen-bond donors (Lipinski definition) is 0. The quantitative estimate of drug-likeness (QED) is 0.620.